The Morgan fingerprint density at radius 2 is 1.13 bits per heavy atom. The molecule has 0 saturated carbocycles. The van der Waals surface area contributed by atoms with Gasteiger partial charge in [0.25, 0.3) is 0 Å². The molecule has 0 aliphatic rings. The Morgan fingerprint density at radius 1 is 0.696 bits per heavy atom. The lowest BCUT2D eigenvalue weighted by Gasteiger charge is -2.25. The van der Waals surface area contributed by atoms with Gasteiger partial charge in [-0.3, -0.25) is 0 Å². The average molecular weight is 324 g/mol. The molecule has 0 unspecified atom stereocenters. The third-order valence-electron chi connectivity index (χ3n) is 3.84. The van der Waals surface area contributed by atoms with Gasteiger partial charge in [-0.25, -0.2) is 0 Å². The van der Waals surface area contributed by atoms with E-state index in [4.69, 9.17) is 0 Å². The Labute approximate surface area is 135 Å². The Kier molecular flexibility index (Phi) is 4.33. The second kappa shape index (κ2) is 6.41. The van der Waals surface area contributed by atoms with Crippen molar-refractivity contribution in [2.75, 3.05) is 0 Å². The maximum Gasteiger partial charge on any atom is 0.174 e. The van der Waals surface area contributed by atoms with Gasteiger partial charge in [0.05, 0.1) is 0 Å². The molecule has 3 rings (SSSR count). The van der Waals surface area contributed by atoms with Crippen LogP contribution in [0.1, 0.15) is 11.4 Å². The summed E-state index contributed by atoms with van der Waals surface area (Å²) in [5.41, 5.74) is 0.267. The molecule has 23 heavy (non-hydrogen) atoms. The van der Waals surface area contributed by atoms with Crippen molar-refractivity contribution in [1.29, 1.82) is 0 Å². The van der Waals surface area contributed by atoms with Crippen LogP contribution in [0, 0.1) is 0 Å². The highest BCUT2D eigenvalue weighted by Gasteiger charge is 2.37. The Balaban J connectivity index is 2.21. The highest BCUT2D eigenvalue weighted by Crippen LogP contribution is 2.56. The number of aliphatic hydroxyl groups is 1. The highest BCUT2D eigenvalue weighted by molar-refractivity contribution is 7.78. The van der Waals surface area contributed by atoms with Gasteiger partial charge in [0.2, 0.25) is 0 Å². The Hall–Kier alpha value is -2.35. The van der Waals surface area contributed by atoms with Crippen LogP contribution in [0.15, 0.2) is 84.9 Å². The Bertz CT molecular complexity index is 788. The molecule has 3 aromatic rings. The van der Waals surface area contributed by atoms with Crippen LogP contribution in [0.2, 0.25) is 0 Å². The van der Waals surface area contributed by atoms with Gasteiger partial charge in [-0.15, -0.1) is 0 Å². The van der Waals surface area contributed by atoms with E-state index in [1.54, 1.807) is 66.7 Å². The fourth-order valence-corrected chi connectivity index (χ4v) is 5.34. The van der Waals surface area contributed by atoms with Crippen molar-refractivity contribution in [2.24, 2.45) is 0 Å². The summed E-state index contributed by atoms with van der Waals surface area (Å²) in [4.78, 5) is 0. The minimum Gasteiger partial charge on any atom is -0.508 e. The van der Waals surface area contributed by atoms with Crippen molar-refractivity contribution >= 4 is 17.8 Å². The van der Waals surface area contributed by atoms with E-state index >= 15 is 0 Å². The second-order valence-corrected chi connectivity index (χ2v) is 8.10. The van der Waals surface area contributed by atoms with Crippen molar-refractivity contribution in [3.8, 4) is 5.75 Å². The lowest BCUT2D eigenvalue weighted by molar-refractivity contribution is 0.251. The minimum absolute atomic E-state index is 0.0629. The summed E-state index contributed by atoms with van der Waals surface area (Å²) in [7, 11) is -3.37. The van der Waals surface area contributed by atoms with Gasteiger partial charge in [0.15, 0.2) is 7.14 Å². The molecule has 0 radical (unpaired) electrons. The van der Waals surface area contributed by atoms with E-state index in [1.807, 2.05) is 12.1 Å². The molecule has 1 atom stereocenters. The van der Waals surface area contributed by atoms with Crippen LogP contribution in [-0.2, 0) is 4.57 Å². The minimum atomic E-state index is -3.37. The largest absolute Gasteiger partial charge is 0.508 e. The monoisotopic (exact) mass is 324 g/mol. The molecule has 0 saturated heterocycles. The van der Waals surface area contributed by atoms with E-state index in [1.165, 1.54) is 6.07 Å². The number of aliphatic hydroxyl groups excluding tert-OH is 1. The van der Waals surface area contributed by atoms with Crippen LogP contribution < -0.4 is 10.6 Å². The third kappa shape index (κ3) is 2.81. The van der Waals surface area contributed by atoms with Gasteiger partial charge in [0.1, 0.15) is 11.6 Å². The average Bonchev–Trinajstić information content (AvgIpc) is 2.62. The fraction of sp³-hybridized carbons (Fsp3) is 0.0526. The van der Waals surface area contributed by atoms with Gasteiger partial charge in [-0.1, -0.05) is 78.9 Å². The molecule has 0 aromatic heterocycles. The molecule has 4 heteroatoms. The Morgan fingerprint density at radius 3 is 1.61 bits per heavy atom. The molecule has 2 N–H and O–H groups in total. The lowest BCUT2D eigenvalue weighted by Crippen LogP contribution is -2.21. The highest BCUT2D eigenvalue weighted by atomic mass is 31.2. The number of aromatic hydroxyl groups is 1. The first kappa shape index (κ1) is 15.5. The fourth-order valence-electron chi connectivity index (χ4n) is 2.63. The van der Waals surface area contributed by atoms with E-state index in [2.05, 4.69) is 0 Å². The van der Waals surface area contributed by atoms with Crippen LogP contribution in [0.25, 0.3) is 0 Å². The first-order chi connectivity index (χ1) is 11.1. The molecule has 0 spiro atoms. The maximum atomic E-state index is 13.9. The standard InChI is InChI=1S/C19H17O3P/c20-18-14-8-7-13-17(18)19(21)23(22,15-9-3-1-4-10-15)16-11-5-2-6-12-16/h1-14,19-21H/t19-/m1/s1. The topological polar surface area (TPSA) is 57.5 Å². The zero-order valence-corrected chi connectivity index (χ0v) is 13.3. The predicted octanol–water partition coefficient (Wildman–Crippen LogP) is 3.40. The van der Waals surface area contributed by atoms with Crippen LogP contribution >= 0.6 is 7.14 Å². The first-order valence-corrected chi connectivity index (χ1v) is 9.08. The number of para-hydroxylation sites is 1. The van der Waals surface area contributed by atoms with Crippen LogP contribution in [0.4, 0.5) is 0 Å². The molecule has 3 nitrogen and oxygen atoms in total. The van der Waals surface area contributed by atoms with E-state index in [9.17, 15) is 14.8 Å². The molecule has 0 heterocycles. The van der Waals surface area contributed by atoms with E-state index in [0.717, 1.165) is 0 Å². The van der Waals surface area contributed by atoms with Crippen molar-refractivity contribution in [3.05, 3.63) is 90.5 Å². The van der Waals surface area contributed by atoms with Crippen molar-refractivity contribution in [1.82, 2.24) is 0 Å². The summed E-state index contributed by atoms with van der Waals surface area (Å²) >= 11 is 0. The van der Waals surface area contributed by atoms with Gasteiger partial charge in [-0.05, 0) is 6.07 Å². The second-order valence-electron chi connectivity index (χ2n) is 5.26. The van der Waals surface area contributed by atoms with E-state index < -0.39 is 13.0 Å². The SMILES string of the molecule is O=P(c1ccccc1)(c1ccccc1)[C@@H](O)c1ccccc1O. The van der Waals surface area contributed by atoms with Crippen molar-refractivity contribution in [2.45, 2.75) is 5.85 Å². The number of hydrogen-bond acceptors (Lipinski definition) is 3. The first-order valence-electron chi connectivity index (χ1n) is 7.31. The summed E-state index contributed by atoms with van der Waals surface area (Å²) < 4.78 is 13.9. The van der Waals surface area contributed by atoms with Gasteiger partial charge in [-0.2, -0.15) is 0 Å². The van der Waals surface area contributed by atoms with Gasteiger partial charge >= 0.3 is 0 Å². The lowest BCUT2D eigenvalue weighted by atomic mass is 10.2. The van der Waals surface area contributed by atoms with Crippen molar-refractivity contribution in [3.63, 3.8) is 0 Å². The van der Waals surface area contributed by atoms with E-state index in [0.29, 0.717) is 10.6 Å². The smallest absolute Gasteiger partial charge is 0.174 e. The summed E-state index contributed by atoms with van der Waals surface area (Å²) in [6.07, 6.45) is 0. The van der Waals surface area contributed by atoms with Crippen LogP contribution in [0.3, 0.4) is 0 Å². The van der Waals surface area contributed by atoms with Crippen LogP contribution in [-0.4, -0.2) is 10.2 Å². The summed E-state index contributed by atoms with van der Waals surface area (Å²) in [6, 6.07) is 24.3. The predicted molar refractivity (Wildman–Crippen MR) is 92.8 cm³/mol. The zero-order chi connectivity index (χ0) is 16.3. The molecule has 3 aromatic carbocycles. The van der Waals surface area contributed by atoms with E-state index in [-0.39, 0.29) is 11.3 Å². The number of benzene rings is 3. The van der Waals surface area contributed by atoms with Crippen molar-refractivity contribution < 1.29 is 14.8 Å². The third-order valence-corrected chi connectivity index (χ3v) is 6.94. The summed E-state index contributed by atoms with van der Waals surface area (Å²) in [6.45, 7) is 0. The molecule has 0 fully saturated rings. The van der Waals surface area contributed by atoms with Gasteiger partial charge in [0, 0.05) is 16.2 Å². The number of hydrogen-bond donors (Lipinski definition) is 2. The normalized spacial score (nSPS) is 12.7. The molecular weight excluding hydrogens is 307 g/mol. The summed E-state index contributed by atoms with van der Waals surface area (Å²) in [5.74, 6) is -1.37. The molecular formula is C19H17O3P. The van der Waals surface area contributed by atoms with Gasteiger partial charge < -0.3 is 14.8 Å². The quantitative estimate of drug-likeness (QED) is 0.723. The molecule has 0 amide bonds. The molecule has 0 bridgehead atoms. The number of rotatable bonds is 4. The van der Waals surface area contributed by atoms with Crippen LogP contribution in [0.5, 0.6) is 5.75 Å². The molecule has 0 aliphatic carbocycles. The zero-order valence-electron chi connectivity index (χ0n) is 12.4. The number of phenolic OH excluding ortho intramolecular Hbond substituents is 1. The summed E-state index contributed by atoms with van der Waals surface area (Å²) in [5, 5.41) is 22.1. The molecule has 116 valence electrons. The number of phenols is 1. The molecule has 0 aliphatic heterocycles. The maximum absolute atomic E-state index is 13.9.